The third-order valence-electron chi connectivity index (χ3n) is 3.07. The molecule has 0 saturated carbocycles. The van der Waals surface area contributed by atoms with Gasteiger partial charge >= 0.3 is 0 Å². The van der Waals surface area contributed by atoms with Crippen molar-refractivity contribution in [2.24, 2.45) is 0 Å². The number of hydrogen-bond acceptors (Lipinski definition) is 4. The Hall–Kier alpha value is -1.20. The summed E-state index contributed by atoms with van der Waals surface area (Å²) in [5, 5.41) is 8.43. The molecule has 4 nitrogen and oxygen atoms in total. The van der Waals surface area contributed by atoms with E-state index in [9.17, 15) is 0 Å². The average molecular weight is 295 g/mol. The van der Waals surface area contributed by atoms with Gasteiger partial charge in [0, 0.05) is 18.0 Å². The first-order chi connectivity index (χ1) is 9.33. The first-order valence-electron chi connectivity index (χ1n) is 6.33. The van der Waals surface area contributed by atoms with E-state index in [1.807, 2.05) is 36.3 Å². The van der Waals surface area contributed by atoms with E-state index in [0.29, 0.717) is 16.9 Å². The number of thioether (sulfide) groups is 1. The van der Waals surface area contributed by atoms with Crippen LogP contribution in [0, 0.1) is 0 Å². The van der Waals surface area contributed by atoms with E-state index in [1.165, 1.54) is 18.6 Å². The number of hydrogen-bond donors (Lipinski definition) is 1. The minimum absolute atomic E-state index is 0.538. The van der Waals surface area contributed by atoms with Crippen LogP contribution in [0.25, 0.3) is 5.82 Å². The molecule has 3 rings (SSSR count). The summed E-state index contributed by atoms with van der Waals surface area (Å²) in [4.78, 5) is 4.25. The maximum Gasteiger partial charge on any atom is 0.172 e. The second kappa shape index (κ2) is 5.84. The highest BCUT2D eigenvalue weighted by molar-refractivity contribution is 7.99. The standard InChI is InChI=1S/C13H15ClN4S/c14-12-4-1-5-15-13(12)18-8-11(7-16-18)17-10-3-2-6-19-9-10/h1,4-5,7-8,10,17H,2-3,6,9H2/t10-/m0/s1. The summed E-state index contributed by atoms with van der Waals surface area (Å²) in [5.41, 5.74) is 1.02. The SMILES string of the molecule is Clc1cccnc1-n1cc(N[C@H]2CCCSC2)cn1. The molecule has 19 heavy (non-hydrogen) atoms. The smallest absolute Gasteiger partial charge is 0.172 e. The number of rotatable bonds is 3. The zero-order valence-corrected chi connectivity index (χ0v) is 12.0. The number of aromatic nitrogens is 3. The van der Waals surface area contributed by atoms with Crippen molar-refractivity contribution in [3.8, 4) is 5.82 Å². The fraction of sp³-hybridized carbons (Fsp3) is 0.385. The lowest BCUT2D eigenvalue weighted by Crippen LogP contribution is -2.25. The van der Waals surface area contributed by atoms with Crippen LogP contribution in [-0.2, 0) is 0 Å². The maximum absolute atomic E-state index is 6.11. The molecule has 2 aromatic heterocycles. The molecule has 1 atom stereocenters. The van der Waals surface area contributed by atoms with E-state index in [1.54, 1.807) is 10.9 Å². The molecule has 0 spiro atoms. The molecular weight excluding hydrogens is 280 g/mol. The Balaban J connectivity index is 1.74. The van der Waals surface area contributed by atoms with E-state index in [4.69, 9.17) is 11.6 Å². The van der Waals surface area contributed by atoms with Gasteiger partial charge in [-0.05, 0) is 30.7 Å². The Morgan fingerprint density at radius 1 is 1.47 bits per heavy atom. The van der Waals surface area contributed by atoms with Crippen LogP contribution in [0.2, 0.25) is 5.02 Å². The predicted molar refractivity (Wildman–Crippen MR) is 80.3 cm³/mol. The largest absolute Gasteiger partial charge is 0.379 e. The van der Waals surface area contributed by atoms with E-state index in [-0.39, 0.29) is 0 Å². The van der Waals surface area contributed by atoms with Crippen molar-refractivity contribution in [3.05, 3.63) is 35.7 Å². The summed E-state index contributed by atoms with van der Waals surface area (Å²) < 4.78 is 1.71. The minimum atomic E-state index is 0.538. The number of nitrogens with zero attached hydrogens (tertiary/aromatic N) is 3. The predicted octanol–water partition coefficient (Wildman–Crippen LogP) is 3.23. The lowest BCUT2D eigenvalue weighted by atomic mass is 10.2. The summed E-state index contributed by atoms with van der Waals surface area (Å²) in [6.07, 6.45) is 7.98. The van der Waals surface area contributed by atoms with Crippen molar-refractivity contribution >= 4 is 29.1 Å². The number of nitrogens with one attached hydrogen (secondary N) is 1. The van der Waals surface area contributed by atoms with Crippen LogP contribution in [0.15, 0.2) is 30.7 Å². The summed E-state index contributed by atoms with van der Waals surface area (Å²) in [6.45, 7) is 0. The molecular formula is C13H15ClN4S. The van der Waals surface area contributed by atoms with Gasteiger partial charge in [0.2, 0.25) is 0 Å². The average Bonchev–Trinajstić information content (AvgIpc) is 2.89. The Labute approximate surface area is 121 Å². The molecule has 0 bridgehead atoms. The monoisotopic (exact) mass is 294 g/mol. The molecule has 6 heteroatoms. The molecule has 1 N–H and O–H groups in total. The second-order valence-corrected chi connectivity index (χ2v) is 6.10. The lowest BCUT2D eigenvalue weighted by Gasteiger charge is -2.22. The van der Waals surface area contributed by atoms with Gasteiger partial charge in [-0.2, -0.15) is 16.9 Å². The highest BCUT2D eigenvalue weighted by Gasteiger charge is 2.14. The highest BCUT2D eigenvalue weighted by Crippen LogP contribution is 2.22. The summed E-state index contributed by atoms with van der Waals surface area (Å²) in [5.74, 6) is 3.10. The van der Waals surface area contributed by atoms with Crippen LogP contribution in [0.4, 0.5) is 5.69 Å². The molecule has 0 aromatic carbocycles. The molecule has 2 aromatic rings. The van der Waals surface area contributed by atoms with Gasteiger partial charge in [-0.3, -0.25) is 0 Å². The molecule has 0 amide bonds. The van der Waals surface area contributed by atoms with Gasteiger partial charge in [0.1, 0.15) is 0 Å². The quantitative estimate of drug-likeness (QED) is 0.944. The molecule has 1 saturated heterocycles. The van der Waals surface area contributed by atoms with E-state index in [0.717, 1.165) is 11.4 Å². The number of pyridine rings is 1. The van der Waals surface area contributed by atoms with Crippen LogP contribution in [0.3, 0.4) is 0 Å². The molecule has 0 unspecified atom stereocenters. The zero-order valence-electron chi connectivity index (χ0n) is 10.4. The van der Waals surface area contributed by atoms with Crippen molar-refractivity contribution < 1.29 is 0 Å². The topological polar surface area (TPSA) is 42.7 Å². The van der Waals surface area contributed by atoms with Crippen molar-refractivity contribution in [2.75, 3.05) is 16.8 Å². The lowest BCUT2D eigenvalue weighted by molar-refractivity contribution is 0.685. The summed E-state index contributed by atoms with van der Waals surface area (Å²) in [7, 11) is 0. The van der Waals surface area contributed by atoms with Gasteiger partial charge in [0.15, 0.2) is 5.82 Å². The van der Waals surface area contributed by atoms with Gasteiger partial charge in [-0.15, -0.1) is 0 Å². The van der Waals surface area contributed by atoms with Crippen LogP contribution in [0.1, 0.15) is 12.8 Å². The number of halogens is 1. The summed E-state index contributed by atoms with van der Waals surface area (Å²) >= 11 is 8.12. The van der Waals surface area contributed by atoms with Gasteiger partial charge in [-0.1, -0.05) is 11.6 Å². The van der Waals surface area contributed by atoms with Crippen LogP contribution in [0.5, 0.6) is 0 Å². The fourth-order valence-corrected chi connectivity index (χ4v) is 3.43. The van der Waals surface area contributed by atoms with Crippen molar-refractivity contribution in [3.63, 3.8) is 0 Å². The van der Waals surface area contributed by atoms with E-state index < -0.39 is 0 Å². The fourth-order valence-electron chi connectivity index (χ4n) is 2.15. The molecule has 0 aliphatic carbocycles. The Morgan fingerprint density at radius 2 is 2.42 bits per heavy atom. The third kappa shape index (κ3) is 3.04. The Morgan fingerprint density at radius 3 is 3.21 bits per heavy atom. The first-order valence-corrected chi connectivity index (χ1v) is 7.86. The maximum atomic E-state index is 6.11. The Bertz CT molecular complexity index is 551. The van der Waals surface area contributed by atoms with Gasteiger partial charge in [-0.25, -0.2) is 9.67 Å². The molecule has 3 heterocycles. The van der Waals surface area contributed by atoms with Crippen molar-refractivity contribution in [1.82, 2.24) is 14.8 Å². The first kappa shape index (κ1) is 12.8. The van der Waals surface area contributed by atoms with Crippen molar-refractivity contribution in [1.29, 1.82) is 0 Å². The van der Waals surface area contributed by atoms with Gasteiger partial charge < -0.3 is 5.32 Å². The summed E-state index contributed by atoms with van der Waals surface area (Å²) in [6, 6.07) is 4.17. The van der Waals surface area contributed by atoms with Gasteiger partial charge in [0.25, 0.3) is 0 Å². The molecule has 100 valence electrons. The van der Waals surface area contributed by atoms with E-state index >= 15 is 0 Å². The second-order valence-electron chi connectivity index (χ2n) is 4.54. The van der Waals surface area contributed by atoms with Gasteiger partial charge in [0.05, 0.1) is 23.1 Å². The normalized spacial score (nSPS) is 19.3. The molecule has 1 aliphatic heterocycles. The van der Waals surface area contributed by atoms with Crippen LogP contribution in [-0.4, -0.2) is 32.3 Å². The highest BCUT2D eigenvalue weighted by atomic mass is 35.5. The molecule has 1 fully saturated rings. The Kier molecular flexibility index (Phi) is 3.94. The zero-order chi connectivity index (χ0) is 13.1. The molecule has 1 aliphatic rings. The number of anilines is 1. The van der Waals surface area contributed by atoms with E-state index in [2.05, 4.69) is 15.4 Å². The third-order valence-corrected chi connectivity index (χ3v) is 4.58. The van der Waals surface area contributed by atoms with Crippen LogP contribution < -0.4 is 5.32 Å². The van der Waals surface area contributed by atoms with Crippen molar-refractivity contribution in [2.45, 2.75) is 18.9 Å². The molecule has 0 radical (unpaired) electrons. The van der Waals surface area contributed by atoms with Crippen LogP contribution >= 0.6 is 23.4 Å². The minimum Gasteiger partial charge on any atom is -0.379 e.